The van der Waals surface area contributed by atoms with E-state index in [1.54, 1.807) is 31.3 Å². The quantitative estimate of drug-likeness (QED) is 0.839. The Labute approximate surface area is 155 Å². The third-order valence-corrected chi connectivity index (χ3v) is 4.40. The van der Waals surface area contributed by atoms with Gasteiger partial charge in [0.05, 0.1) is 19.0 Å². The van der Waals surface area contributed by atoms with Gasteiger partial charge in [-0.3, -0.25) is 14.5 Å². The van der Waals surface area contributed by atoms with Gasteiger partial charge in [0, 0.05) is 23.8 Å². The molecule has 0 radical (unpaired) electrons. The second kappa shape index (κ2) is 8.73. The Bertz CT molecular complexity index is 654. The third kappa shape index (κ3) is 6.17. The first-order valence-electron chi connectivity index (χ1n) is 8.23. The first kappa shape index (κ1) is 20.5. The number of hydrogen-bond donors (Lipinski definition) is 1. The number of alkyl halides is 3. The number of likely N-dealkylation sites (tertiary alicyclic amines) is 1. The lowest BCUT2D eigenvalue weighted by Crippen LogP contribution is -2.48. The molecule has 1 atom stereocenters. The van der Waals surface area contributed by atoms with E-state index in [1.807, 2.05) is 0 Å². The van der Waals surface area contributed by atoms with Crippen LogP contribution in [0.1, 0.15) is 12.8 Å². The molecule has 0 aliphatic carbocycles. The molecule has 1 aliphatic rings. The Morgan fingerprint density at radius 3 is 2.73 bits per heavy atom. The van der Waals surface area contributed by atoms with Crippen molar-refractivity contribution in [2.24, 2.45) is 5.92 Å². The minimum atomic E-state index is -4.29. The molecule has 1 N–H and O–H groups in total. The highest BCUT2D eigenvalue weighted by Gasteiger charge is 2.42. The summed E-state index contributed by atoms with van der Waals surface area (Å²) in [5.41, 5.74) is 0.534. The highest BCUT2D eigenvalue weighted by Crippen LogP contribution is 2.33. The number of anilines is 1. The van der Waals surface area contributed by atoms with Gasteiger partial charge in [0.1, 0.15) is 0 Å². The Balaban J connectivity index is 1.82. The molecule has 2 amide bonds. The van der Waals surface area contributed by atoms with Crippen LogP contribution in [-0.4, -0.2) is 61.0 Å². The average molecular weight is 392 g/mol. The average Bonchev–Trinajstić information content (AvgIpc) is 2.53. The molecule has 1 aromatic rings. The first-order valence-corrected chi connectivity index (χ1v) is 8.61. The van der Waals surface area contributed by atoms with Crippen molar-refractivity contribution < 1.29 is 22.8 Å². The number of nitrogens with zero attached hydrogens (tertiary/aromatic N) is 2. The van der Waals surface area contributed by atoms with Gasteiger partial charge >= 0.3 is 6.18 Å². The molecule has 1 unspecified atom stereocenters. The lowest BCUT2D eigenvalue weighted by molar-refractivity contribution is -0.188. The second-order valence-electron chi connectivity index (χ2n) is 6.45. The second-order valence-corrected chi connectivity index (χ2v) is 6.89. The number of hydrogen-bond acceptors (Lipinski definition) is 3. The summed E-state index contributed by atoms with van der Waals surface area (Å²) < 4.78 is 38.5. The van der Waals surface area contributed by atoms with Crippen molar-refractivity contribution in [1.29, 1.82) is 0 Å². The van der Waals surface area contributed by atoms with Gasteiger partial charge in [-0.15, -0.1) is 0 Å². The van der Waals surface area contributed by atoms with Crippen molar-refractivity contribution in [3.05, 3.63) is 29.3 Å². The van der Waals surface area contributed by atoms with Gasteiger partial charge in [-0.25, -0.2) is 0 Å². The molecular weight excluding hydrogens is 371 g/mol. The highest BCUT2D eigenvalue weighted by molar-refractivity contribution is 6.30. The van der Waals surface area contributed by atoms with Crippen LogP contribution in [0.25, 0.3) is 0 Å². The lowest BCUT2D eigenvalue weighted by Gasteiger charge is -2.34. The van der Waals surface area contributed by atoms with Crippen LogP contribution in [0.5, 0.6) is 0 Å². The van der Waals surface area contributed by atoms with Crippen LogP contribution in [0.3, 0.4) is 0 Å². The van der Waals surface area contributed by atoms with Crippen molar-refractivity contribution in [3.8, 4) is 0 Å². The van der Waals surface area contributed by atoms with Crippen molar-refractivity contribution >= 4 is 29.1 Å². The molecule has 1 saturated heterocycles. The normalized spacial score (nSPS) is 18.1. The van der Waals surface area contributed by atoms with E-state index >= 15 is 0 Å². The molecule has 144 valence electrons. The van der Waals surface area contributed by atoms with Crippen molar-refractivity contribution in [3.63, 3.8) is 0 Å². The van der Waals surface area contributed by atoms with Gasteiger partial charge in [0.2, 0.25) is 11.8 Å². The number of likely N-dealkylation sites (N-methyl/N-ethyl adjacent to an activating group) is 1. The molecule has 0 saturated carbocycles. The first-order chi connectivity index (χ1) is 12.1. The molecule has 1 aliphatic heterocycles. The SMILES string of the molecule is CN(CC(=O)Nc1cccc(Cl)c1)CC(=O)N1CCCC(C(F)(F)F)C1. The Hall–Kier alpha value is -1.80. The van der Waals surface area contributed by atoms with E-state index < -0.39 is 18.0 Å². The number of benzene rings is 1. The van der Waals surface area contributed by atoms with E-state index in [-0.39, 0.29) is 32.0 Å². The molecule has 1 heterocycles. The smallest absolute Gasteiger partial charge is 0.341 e. The molecule has 9 heteroatoms. The Morgan fingerprint density at radius 1 is 1.35 bits per heavy atom. The molecule has 2 rings (SSSR count). The monoisotopic (exact) mass is 391 g/mol. The van der Waals surface area contributed by atoms with E-state index in [4.69, 9.17) is 11.6 Å². The Morgan fingerprint density at radius 2 is 2.08 bits per heavy atom. The van der Waals surface area contributed by atoms with E-state index in [0.29, 0.717) is 23.7 Å². The number of halogens is 4. The topological polar surface area (TPSA) is 52.7 Å². The maximum Gasteiger partial charge on any atom is 0.393 e. The number of amides is 2. The number of carbonyl (C=O) groups is 2. The molecule has 26 heavy (non-hydrogen) atoms. The predicted octanol–water partition coefficient (Wildman–Crippen LogP) is 3.01. The minimum Gasteiger partial charge on any atom is -0.341 e. The zero-order chi connectivity index (χ0) is 19.3. The summed E-state index contributed by atoms with van der Waals surface area (Å²) >= 11 is 5.84. The summed E-state index contributed by atoms with van der Waals surface area (Å²) in [5, 5.41) is 3.14. The van der Waals surface area contributed by atoms with Gasteiger partial charge in [-0.2, -0.15) is 13.2 Å². The standard InChI is InChI=1S/C17H21ClF3N3O2/c1-23(10-15(25)22-14-6-2-5-13(18)8-14)11-16(26)24-7-3-4-12(9-24)17(19,20)21/h2,5-6,8,12H,3-4,7,9-11H2,1H3,(H,22,25). The van der Waals surface area contributed by atoms with Crippen molar-refractivity contribution in [1.82, 2.24) is 9.80 Å². The molecule has 0 bridgehead atoms. The Kier molecular flexibility index (Phi) is 6.88. The van der Waals surface area contributed by atoms with E-state index in [2.05, 4.69) is 5.32 Å². The van der Waals surface area contributed by atoms with Crippen molar-refractivity contribution in [2.45, 2.75) is 19.0 Å². The van der Waals surface area contributed by atoms with Crippen LogP contribution in [0.15, 0.2) is 24.3 Å². The number of nitrogens with one attached hydrogen (secondary N) is 1. The van der Waals surface area contributed by atoms with Crippen LogP contribution in [0, 0.1) is 5.92 Å². The predicted molar refractivity (Wildman–Crippen MR) is 92.9 cm³/mol. The minimum absolute atomic E-state index is 0.0468. The summed E-state index contributed by atoms with van der Waals surface area (Å²) in [7, 11) is 1.57. The van der Waals surface area contributed by atoms with Gasteiger partial charge in [0.25, 0.3) is 0 Å². The van der Waals surface area contributed by atoms with Crippen LogP contribution in [0.4, 0.5) is 18.9 Å². The van der Waals surface area contributed by atoms with Gasteiger partial charge in [0.15, 0.2) is 0 Å². The summed E-state index contributed by atoms with van der Waals surface area (Å²) in [4.78, 5) is 26.9. The fourth-order valence-electron chi connectivity index (χ4n) is 2.87. The summed E-state index contributed by atoms with van der Waals surface area (Å²) in [5.74, 6) is -2.22. The fourth-order valence-corrected chi connectivity index (χ4v) is 3.06. The van der Waals surface area contributed by atoms with Gasteiger partial charge < -0.3 is 10.2 Å². The van der Waals surface area contributed by atoms with E-state index in [0.717, 1.165) is 0 Å². The third-order valence-electron chi connectivity index (χ3n) is 4.16. The number of piperidine rings is 1. The number of carbonyl (C=O) groups excluding carboxylic acids is 2. The maximum atomic E-state index is 12.8. The van der Waals surface area contributed by atoms with Crippen LogP contribution >= 0.6 is 11.6 Å². The van der Waals surface area contributed by atoms with E-state index in [1.165, 1.54) is 9.80 Å². The highest BCUT2D eigenvalue weighted by atomic mass is 35.5. The van der Waals surface area contributed by atoms with Crippen LogP contribution in [0.2, 0.25) is 5.02 Å². The summed E-state index contributed by atoms with van der Waals surface area (Å²) in [6, 6.07) is 6.64. The van der Waals surface area contributed by atoms with E-state index in [9.17, 15) is 22.8 Å². The molecule has 1 aromatic carbocycles. The number of rotatable bonds is 5. The van der Waals surface area contributed by atoms with Crippen LogP contribution in [-0.2, 0) is 9.59 Å². The zero-order valence-electron chi connectivity index (χ0n) is 14.4. The summed E-state index contributed by atoms with van der Waals surface area (Å²) in [6.07, 6.45) is -3.91. The molecule has 1 fully saturated rings. The molecule has 5 nitrogen and oxygen atoms in total. The molecule has 0 aromatic heterocycles. The zero-order valence-corrected chi connectivity index (χ0v) is 15.1. The summed E-state index contributed by atoms with van der Waals surface area (Å²) in [6.45, 7) is -0.179. The molecule has 0 spiro atoms. The largest absolute Gasteiger partial charge is 0.393 e. The van der Waals surface area contributed by atoms with Gasteiger partial charge in [-0.05, 0) is 38.1 Å². The maximum absolute atomic E-state index is 12.8. The van der Waals surface area contributed by atoms with Crippen molar-refractivity contribution in [2.75, 3.05) is 38.5 Å². The van der Waals surface area contributed by atoms with Crippen LogP contribution < -0.4 is 5.32 Å². The lowest BCUT2D eigenvalue weighted by atomic mass is 9.97. The molecular formula is C17H21ClF3N3O2. The fraction of sp³-hybridized carbons (Fsp3) is 0.529. The van der Waals surface area contributed by atoms with Gasteiger partial charge in [-0.1, -0.05) is 17.7 Å².